The first-order chi connectivity index (χ1) is 12.6. The number of anilines is 1. The summed E-state index contributed by atoms with van der Waals surface area (Å²) in [5.41, 5.74) is 3.32. The number of hydrogen-bond donors (Lipinski definition) is 2. The van der Waals surface area contributed by atoms with Crippen molar-refractivity contribution in [2.75, 3.05) is 45.2 Å². The summed E-state index contributed by atoms with van der Waals surface area (Å²) in [6.07, 6.45) is 4.99. The second-order valence-corrected chi connectivity index (χ2v) is 7.29. The fourth-order valence-corrected chi connectivity index (χ4v) is 3.87. The SMILES string of the molecule is CN(C)[C@@H]1CN(c2nc(-c3ccncc3)nc3c2CCNCC3)C[C@H]1O. The van der Waals surface area contributed by atoms with Gasteiger partial charge in [0, 0.05) is 49.6 Å². The van der Waals surface area contributed by atoms with Gasteiger partial charge in [-0.05, 0) is 39.2 Å². The third kappa shape index (κ3) is 3.30. The summed E-state index contributed by atoms with van der Waals surface area (Å²) >= 11 is 0. The maximum atomic E-state index is 10.5. The van der Waals surface area contributed by atoms with Crippen LogP contribution < -0.4 is 10.2 Å². The lowest BCUT2D eigenvalue weighted by molar-refractivity contribution is 0.114. The number of likely N-dealkylation sites (N-methyl/N-ethyl adjacent to an activating group) is 1. The van der Waals surface area contributed by atoms with E-state index >= 15 is 0 Å². The van der Waals surface area contributed by atoms with Crippen molar-refractivity contribution in [3.63, 3.8) is 0 Å². The number of nitrogens with zero attached hydrogens (tertiary/aromatic N) is 5. The monoisotopic (exact) mass is 354 g/mol. The van der Waals surface area contributed by atoms with E-state index in [4.69, 9.17) is 9.97 Å². The van der Waals surface area contributed by atoms with Gasteiger partial charge in [-0.15, -0.1) is 0 Å². The highest BCUT2D eigenvalue weighted by Gasteiger charge is 2.35. The van der Waals surface area contributed by atoms with Crippen molar-refractivity contribution in [2.24, 2.45) is 0 Å². The van der Waals surface area contributed by atoms with Crippen LogP contribution in [0.15, 0.2) is 24.5 Å². The zero-order valence-corrected chi connectivity index (χ0v) is 15.4. The summed E-state index contributed by atoms with van der Waals surface area (Å²) in [5, 5.41) is 13.9. The number of hydrogen-bond acceptors (Lipinski definition) is 7. The van der Waals surface area contributed by atoms with Crippen molar-refractivity contribution >= 4 is 5.82 Å². The van der Waals surface area contributed by atoms with Crippen LogP contribution in [0.5, 0.6) is 0 Å². The van der Waals surface area contributed by atoms with Gasteiger partial charge in [0.15, 0.2) is 5.82 Å². The highest BCUT2D eigenvalue weighted by molar-refractivity contribution is 5.61. The Hall–Kier alpha value is -2.09. The molecule has 2 N–H and O–H groups in total. The molecule has 2 aromatic heterocycles. The molecule has 1 fully saturated rings. The average Bonchev–Trinajstić information content (AvgIpc) is 2.88. The van der Waals surface area contributed by atoms with Crippen LogP contribution in [0.3, 0.4) is 0 Å². The van der Waals surface area contributed by atoms with Crippen LogP contribution in [-0.4, -0.2) is 77.4 Å². The molecule has 0 bridgehead atoms. The van der Waals surface area contributed by atoms with E-state index in [1.54, 1.807) is 12.4 Å². The molecule has 1 saturated heterocycles. The second-order valence-electron chi connectivity index (χ2n) is 7.29. The quantitative estimate of drug-likeness (QED) is 0.823. The van der Waals surface area contributed by atoms with Gasteiger partial charge >= 0.3 is 0 Å². The normalized spacial score (nSPS) is 23.2. The first-order valence-corrected chi connectivity index (χ1v) is 9.24. The van der Waals surface area contributed by atoms with Gasteiger partial charge in [0.1, 0.15) is 5.82 Å². The Bertz CT molecular complexity index is 766. The van der Waals surface area contributed by atoms with Crippen LogP contribution in [0.4, 0.5) is 5.82 Å². The van der Waals surface area contributed by atoms with Crippen LogP contribution in [0.2, 0.25) is 0 Å². The van der Waals surface area contributed by atoms with Crippen molar-refractivity contribution in [3.8, 4) is 11.4 Å². The number of nitrogens with one attached hydrogen (secondary N) is 1. The van der Waals surface area contributed by atoms with Crippen molar-refractivity contribution < 1.29 is 5.11 Å². The Labute approximate surface area is 154 Å². The summed E-state index contributed by atoms with van der Waals surface area (Å²) < 4.78 is 0. The Balaban J connectivity index is 1.77. The smallest absolute Gasteiger partial charge is 0.161 e. The van der Waals surface area contributed by atoms with E-state index in [9.17, 15) is 5.11 Å². The topological polar surface area (TPSA) is 77.4 Å². The standard InChI is InChI=1S/C19H26N6O/c1-24(2)16-11-25(12-17(16)26)19-14-5-9-21-10-6-15(14)22-18(23-19)13-3-7-20-8-4-13/h3-4,7-8,16-17,21,26H,5-6,9-12H2,1-2H3/t16-,17-/m1/s1. The first kappa shape index (κ1) is 17.3. The molecule has 7 nitrogen and oxygen atoms in total. The number of fused-ring (bicyclic) bond motifs is 1. The molecule has 7 heteroatoms. The molecule has 0 unspecified atom stereocenters. The second kappa shape index (κ2) is 7.26. The fourth-order valence-electron chi connectivity index (χ4n) is 3.87. The molecule has 26 heavy (non-hydrogen) atoms. The molecule has 0 aromatic carbocycles. The maximum Gasteiger partial charge on any atom is 0.161 e. The van der Waals surface area contributed by atoms with Crippen molar-refractivity contribution in [3.05, 3.63) is 35.8 Å². The van der Waals surface area contributed by atoms with E-state index in [2.05, 4.69) is 20.1 Å². The Morgan fingerprint density at radius 3 is 2.62 bits per heavy atom. The molecule has 4 rings (SSSR count). The van der Waals surface area contributed by atoms with Crippen LogP contribution in [0, 0.1) is 0 Å². The molecule has 0 amide bonds. The fraction of sp³-hybridized carbons (Fsp3) is 0.526. The number of rotatable bonds is 3. The lowest BCUT2D eigenvalue weighted by atomic mass is 10.1. The van der Waals surface area contributed by atoms with Crippen molar-refractivity contribution in [2.45, 2.75) is 25.0 Å². The molecular formula is C19H26N6O. The number of aliphatic hydroxyl groups is 1. The van der Waals surface area contributed by atoms with Crippen LogP contribution >= 0.6 is 0 Å². The summed E-state index contributed by atoms with van der Waals surface area (Å²) in [6.45, 7) is 3.25. The molecule has 0 radical (unpaired) electrons. The van der Waals surface area contributed by atoms with E-state index in [0.29, 0.717) is 6.54 Å². The molecule has 4 heterocycles. The van der Waals surface area contributed by atoms with Gasteiger partial charge in [-0.3, -0.25) is 4.98 Å². The van der Waals surface area contributed by atoms with Gasteiger partial charge in [0.25, 0.3) is 0 Å². The minimum atomic E-state index is -0.371. The zero-order chi connectivity index (χ0) is 18.1. The lowest BCUT2D eigenvalue weighted by Gasteiger charge is -2.24. The summed E-state index contributed by atoms with van der Waals surface area (Å²) in [7, 11) is 4.04. The summed E-state index contributed by atoms with van der Waals surface area (Å²) in [4.78, 5) is 18.2. The highest BCUT2D eigenvalue weighted by atomic mass is 16.3. The first-order valence-electron chi connectivity index (χ1n) is 9.24. The van der Waals surface area contributed by atoms with E-state index < -0.39 is 0 Å². The third-order valence-electron chi connectivity index (χ3n) is 5.32. The molecular weight excluding hydrogens is 328 g/mol. The zero-order valence-electron chi connectivity index (χ0n) is 15.4. The van der Waals surface area contributed by atoms with Gasteiger partial charge in [0.2, 0.25) is 0 Å². The molecule has 0 spiro atoms. The summed E-state index contributed by atoms with van der Waals surface area (Å²) in [6, 6.07) is 4.01. The summed E-state index contributed by atoms with van der Waals surface area (Å²) in [5.74, 6) is 1.72. The molecule has 2 aromatic rings. The predicted molar refractivity (Wildman–Crippen MR) is 101 cm³/mol. The van der Waals surface area contributed by atoms with Crippen molar-refractivity contribution in [1.82, 2.24) is 25.2 Å². The lowest BCUT2D eigenvalue weighted by Crippen LogP contribution is -2.38. The number of aliphatic hydroxyl groups excluding tert-OH is 1. The van der Waals surface area contributed by atoms with Gasteiger partial charge < -0.3 is 20.2 Å². The Kier molecular flexibility index (Phi) is 4.84. The highest BCUT2D eigenvalue weighted by Crippen LogP contribution is 2.30. The van der Waals surface area contributed by atoms with E-state index in [-0.39, 0.29) is 12.1 Å². The van der Waals surface area contributed by atoms with Crippen LogP contribution in [0.25, 0.3) is 11.4 Å². The molecule has 2 aliphatic heterocycles. The van der Waals surface area contributed by atoms with Crippen LogP contribution in [-0.2, 0) is 12.8 Å². The molecule has 2 aliphatic rings. The largest absolute Gasteiger partial charge is 0.390 e. The number of aromatic nitrogens is 3. The van der Waals surface area contributed by atoms with Gasteiger partial charge in [-0.25, -0.2) is 9.97 Å². The van der Waals surface area contributed by atoms with Gasteiger partial charge in [-0.2, -0.15) is 0 Å². The Morgan fingerprint density at radius 2 is 1.88 bits per heavy atom. The van der Waals surface area contributed by atoms with Gasteiger partial charge in [0.05, 0.1) is 17.8 Å². The Morgan fingerprint density at radius 1 is 1.12 bits per heavy atom. The van der Waals surface area contributed by atoms with E-state index in [1.165, 1.54) is 5.56 Å². The minimum absolute atomic E-state index is 0.119. The number of β-amino-alcohol motifs (C(OH)–C–C–N with tert-alkyl or cyclic N) is 1. The predicted octanol–water partition coefficient (Wildman–Crippen LogP) is 0.338. The van der Waals surface area contributed by atoms with E-state index in [1.807, 2.05) is 26.2 Å². The maximum absolute atomic E-state index is 10.5. The minimum Gasteiger partial charge on any atom is -0.390 e. The van der Waals surface area contributed by atoms with Crippen molar-refractivity contribution in [1.29, 1.82) is 0 Å². The van der Waals surface area contributed by atoms with E-state index in [0.717, 1.165) is 55.4 Å². The third-order valence-corrected chi connectivity index (χ3v) is 5.32. The van der Waals surface area contributed by atoms with Gasteiger partial charge in [-0.1, -0.05) is 0 Å². The average molecular weight is 354 g/mol. The van der Waals surface area contributed by atoms with Crippen LogP contribution in [0.1, 0.15) is 11.3 Å². The molecule has 2 atom stereocenters. The number of pyridine rings is 1. The molecule has 0 saturated carbocycles. The molecule has 138 valence electrons. The molecule has 0 aliphatic carbocycles.